The van der Waals surface area contributed by atoms with Crippen molar-refractivity contribution in [3.63, 3.8) is 0 Å². The van der Waals surface area contributed by atoms with Gasteiger partial charge >= 0.3 is 13.7 Å². The standard InChI is InChI=1S/C12H20N5O8P/c1-5(13)10-14-4-17(15-10)11-9(19)8(18)7(25-11)3-24-26(22,23)16-6(2)12(20)21/h4,6-9,11,18-19H,1,3,13H2,2H3,(H,20,21)(H2,16,22,23)/t6-,7+,8+,9+,11+/m0/s1. The van der Waals surface area contributed by atoms with Crippen LogP contribution in [0.15, 0.2) is 12.9 Å². The second-order valence-corrected chi connectivity index (χ2v) is 7.18. The average Bonchev–Trinajstić information content (AvgIpc) is 3.12. The lowest BCUT2D eigenvalue weighted by Gasteiger charge is -2.19. The number of hydrogen-bond acceptors (Lipinski definition) is 9. The van der Waals surface area contributed by atoms with Crippen LogP contribution in [0.1, 0.15) is 19.0 Å². The van der Waals surface area contributed by atoms with Crippen molar-refractivity contribution in [3.8, 4) is 0 Å². The normalized spacial score (nSPS) is 29.2. The quantitative estimate of drug-likeness (QED) is 0.266. The maximum Gasteiger partial charge on any atom is 0.403 e. The van der Waals surface area contributed by atoms with Crippen molar-refractivity contribution >= 4 is 19.4 Å². The minimum Gasteiger partial charge on any atom is -0.480 e. The van der Waals surface area contributed by atoms with Gasteiger partial charge in [0, 0.05) is 0 Å². The van der Waals surface area contributed by atoms with E-state index in [4.69, 9.17) is 20.1 Å². The molecule has 0 spiro atoms. The number of aliphatic carboxylic acids is 1. The largest absolute Gasteiger partial charge is 0.480 e. The van der Waals surface area contributed by atoms with E-state index in [0.717, 1.165) is 11.6 Å². The Labute approximate surface area is 147 Å². The van der Waals surface area contributed by atoms with Gasteiger partial charge in [-0.15, -0.1) is 5.10 Å². The number of nitrogens with two attached hydrogens (primary N) is 1. The van der Waals surface area contributed by atoms with Crippen molar-refractivity contribution in [2.75, 3.05) is 6.61 Å². The molecule has 1 aliphatic rings. The minimum atomic E-state index is -4.47. The molecule has 14 heteroatoms. The first-order chi connectivity index (χ1) is 12.0. The summed E-state index contributed by atoms with van der Waals surface area (Å²) in [5, 5.41) is 34.7. The highest BCUT2D eigenvalue weighted by Crippen LogP contribution is 2.39. The summed E-state index contributed by atoms with van der Waals surface area (Å²) >= 11 is 0. The van der Waals surface area contributed by atoms with Crippen LogP contribution in [0.25, 0.3) is 5.70 Å². The van der Waals surface area contributed by atoms with Crippen LogP contribution >= 0.6 is 7.75 Å². The number of aliphatic hydroxyl groups excluding tert-OH is 2. The third-order valence-electron chi connectivity index (χ3n) is 3.53. The second kappa shape index (κ2) is 7.80. The molecule has 0 amide bonds. The molecule has 13 nitrogen and oxygen atoms in total. The topological polar surface area (TPSA) is 202 Å². The number of nitrogens with zero attached hydrogens (tertiary/aromatic N) is 3. The van der Waals surface area contributed by atoms with E-state index in [2.05, 4.69) is 16.7 Å². The fourth-order valence-electron chi connectivity index (χ4n) is 2.14. The molecule has 146 valence electrons. The number of nitrogens with one attached hydrogen (secondary N) is 1. The zero-order valence-electron chi connectivity index (χ0n) is 13.7. The highest BCUT2D eigenvalue weighted by atomic mass is 31.2. The monoisotopic (exact) mass is 393 g/mol. The van der Waals surface area contributed by atoms with Gasteiger partial charge in [0.2, 0.25) is 0 Å². The van der Waals surface area contributed by atoms with Gasteiger partial charge in [-0.25, -0.2) is 19.3 Å². The van der Waals surface area contributed by atoms with Crippen molar-refractivity contribution in [3.05, 3.63) is 18.7 Å². The molecule has 1 saturated heterocycles. The molecule has 2 rings (SSSR count). The van der Waals surface area contributed by atoms with E-state index in [9.17, 15) is 24.5 Å². The molecule has 1 aromatic heterocycles. The third kappa shape index (κ3) is 4.65. The molecule has 0 radical (unpaired) electrons. The number of aliphatic hydroxyl groups is 2. The maximum absolute atomic E-state index is 11.8. The summed E-state index contributed by atoms with van der Waals surface area (Å²) in [6, 6.07) is -1.34. The SMILES string of the molecule is C=C(N)c1ncn([C@@H]2O[C@H](COP(=O)(O)N[C@@H](C)C(=O)O)[C@@H](O)[C@H]2O)n1. The van der Waals surface area contributed by atoms with E-state index in [1.54, 1.807) is 0 Å². The van der Waals surface area contributed by atoms with Crippen molar-refractivity contribution in [2.45, 2.75) is 37.5 Å². The summed E-state index contributed by atoms with van der Waals surface area (Å²) in [4.78, 5) is 24.2. The van der Waals surface area contributed by atoms with Crippen LogP contribution in [0, 0.1) is 0 Å². The van der Waals surface area contributed by atoms with Gasteiger partial charge in [0.1, 0.15) is 30.7 Å². The van der Waals surface area contributed by atoms with Gasteiger partial charge in [0.25, 0.3) is 0 Å². The summed E-state index contributed by atoms with van der Waals surface area (Å²) in [5.74, 6) is -1.24. The Morgan fingerprint density at radius 3 is 2.77 bits per heavy atom. The lowest BCUT2D eigenvalue weighted by Crippen LogP contribution is -2.35. The summed E-state index contributed by atoms with van der Waals surface area (Å²) < 4.78 is 23.1. The number of rotatable bonds is 8. The number of carbonyl (C=O) groups is 1. The van der Waals surface area contributed by atoms with Gasteiger partial charge in [-0.05, 0) is 6.92 Å². The number of ether oxygens (including phenoxy) is 1. The predicted octanol–water partition coefficient (Wildman–Crippen LogP) is -1.99. The molecule has 1 aliphatic heterocycles. The van der Waals surface area contributed by atoms with Crippen molar-refractivity contribution in [1.82, 2.24) is 19.9 Å². The van der Waals surface area contributed by atoms with Gasteiger partial charge in [-0.1, -0.05) is 6.58 Å². The van der Waals surface area contributed by atoms with Crippen molar-refractivity contribution < 1.29 is 38.8 Å². The Hall–Kier alpha value is -1.86. The first-order valence-electron chi connectivity index (χ1n) is 7.37. The molecular weight excluding hydrogens is 373 g/mol. The fraction of sp³-hybridized carbons (Fsp3) is 0.583. The third-order valence-corrected chi connectivity index (χ3v) is 4.75. The molecule has 1 fully saturated rings. The van der Waals surface area contributed by atoms with Gasteiger partial charge < -0.3 is 30.7 Å². The summed E-state index contributed by atoms with van der Waals surface area (Å²) in [7, 11) is -4.47. The second-order valence-electron chi connectivity index (χ2n) is 5.62. The van der Waals surface area contributed by atoms with Gasteiger partial charge in [0.05, 0.1) is 12.3 Å². The van der Waals surface area contributed by atoms with E-state index in [1.165, 1.54) is 6.33 Å². The average molecular weight is 393 g/mol. The minimum absolute atomic E-state index is 0.0940. The molecule has 1 aromatic rings. The molecule has 6 atom stereocenters. The van der Waals surface area contributed by atoms with E-state index >= 15 is 0 Å². The van der Waals surface area contributed by atoms with E-state index in [1.807, 2.05) is 5.09 Å². The molecule has 26 heavy (non-hydrogen) atoms. The lowest BCUT2D eigenvalue weighted by molar-refractivity contribution is -0.138. The molecule has 0 aliphatic carbocycles. The van der Waals surface area contributed by atoms with E-state index in [-0.39, 0.29) is 11.5 Å². The summed E-state index contributed by atoms with van der Waals surface area (Å²) in [6.45, 7) is 4.03. The first-order valence-corrected chi connectivity index (χ1v) is 8.95. The molecule has 1 unspecified atom stereocenters. The molecule has 0 bridgehead atoms. The zero-order chi connectivity index (χ0) is 19.6. The van der Waals surface area contributed by atoms with Crippen LogP contribution in [0.4, 0.5) is 0 Å². The summed E-state index contributed by atoms with van der Waals surface area (Å²) in [6.07, 6.45) is -3.97. The Bertz CT molecular complexity index is 726. The van der Waals surface area contributed by atoms with Crippen LogP contribution in [-0.2, 0) is 18.6 Å². The molecule has 7 N–H and O–H groups in total. The zero-order valence-corrected chi connectivity index (χ0v) is 14.6. The fourth-order valence-corrected chi connectivity index (χ4v) is 3.17. The molecule has 0 aromatic carbocycles. The van der Waals surface area contributed by atoms with Crippen LogP contribution in [0.3, 0.4) is 0 Å². The van der Waals surface area contributed by atoms with Crippen LogP contribution < -0.4 is 10.8 Å². The Morgan fingerprint density at radius 1 is 1.58 bits per heavy atom. The van der Waals surface area contributed by atoms with E-state index < -0.39 is 50.9 Å². The van der Waals surface area contributed by atoms with Crippen molar-refractivity contribution in [2.24, 2.45) is 5.73 Å². The number of aromatic nitrogens is 3. The van der Waals surface area contributed by atoms with Gasteiger partial charge in [-0.3, -0.25) is 9.32 Å². The number of hydrogen-bond donors (Lipinski definition) is 6. The maximum atomic E-state index is 11.8. The Balaban J connectivity index is 1.99. The van der Waals surface area contributed by atoms with E-state index in [0.29, 0.717) is 0 Å². The first kappa shape index (κ1) is 20.5. The smallest absolute Gasteiger partial charge is 0.403 e. The molecule has 2 heterocycles. The van der Waals surface area contributed by atoms with Crippen LogP contribution in [0.5, 0.6) is 0 Å². The summed E-state index contributed by atoms with van der Waals surface area (Å²) in [5.41, 5.74) is 5.55. The Morgan fingerprint density at radius 2 is 2.23 bits per heavy atom. The molecular formula is C12H20N5O8P. The predicted molar refractivity (Wildman–Crippen MR) is 85.2 cm³/mol. The lowest BCUT2D eigenvalue weighted by atomic mass is 10.1. The van der Waals surface area contributed by atoms with Crippen molar-refractivity contribution in [1.29, 1.82) is 0 Å². The Kier molecular flexibility index (Phi) is 6.13. The van der Waals surface area contributed by atoms with Gasteiger partial charge in [-0.2, -0.15) is 0 Å². The van der Waals surface area contributed by atoms with Crippen LogP contribution in [-0.4, -0.2) is 71.9 Å². The number of carboxylic acid groups (broad SMARTS) is 1. The van der Waals surface area contributed by atoms with Crippen LogP contribution in [0.2, 0.25) is 0 Å². The van der Waals surface area contributed by atoms with Gasteiger partial charge in [0.15, 0.2) is 12.1 Å². The molecule has 0 saturated carbocycles. The number of carboxylic acids is 1. The highest BCUT2D eigenvalue weighted by Gasteiger charge is 2.45. The highest BCUT2D eigenvalue weighted by molar-refractivity contribution is 7.50.